The summed E-state index contributed by atoms with van der Waals surface area (Å²) in [5.74, 6) is 0.913. The Morgan fingerprint density at radius 3 is 3.00 bits per heavy atom. The molecule has 0 spiro atoms. The van der Waals surface area contributed by atoms with Crippen LogP contribution in [-0.2, 0) is 4.79 Å². The van der Waals surface area contributed by atoms with Crippen LogP contribution >= 0.6 is 0 Å². The Bertz CT molecular complexity index is 607. The van der Waals surface area contributed by atoms with Crippen LogP contribution in [0.3, 0.4) is 0 Å². The second kappa shape index (κ2) is 4.88. The van der Waals surface area contributed by atoms with Gasteiger partial charge < -0.3 is 9.64 Å². The van der Waals surface area contributed by atoms with Gasteiger partial charge >= 0.3 is 0 Å². The van der Waals surface area contributed by atoms with E-state index in [-0.39, 0.29) is 12.0 Å². The third kappa shape index (κ3) is 2.38. The summed E-state index contributed by atoms with van der Waals surface area (Å²) in [6, 6.07) is 9.86. The number of nitrogens with zero attached hydrogens (tertiary/aromatic N) is 2. The van der Waals surface area contributed by atoms with Gasteiger partial charge in [0.2, 0.25) is 5.91 Å². The molecule has 19 heavy (non-hydrogen) atoms. The van der Waals surface area contributed by atoms with Gasteiger partial charge in [-0.25, -0.2) is 0 Å². The van der Waals surface area contributed by atoms with E-state index < -0.39 is 0 Å². The number of para-hydroxylation sites is 1. The summed E-state index contributed by atoms with van der Waals surface area (Å²) < 4.78 is 6.01. The number of hydrogen-bond donors (Lipinski definition) is 0. The third-order valence-electron chi connectivity index (χ3n) is 3.48. The molecule has 2 aromatic rings. The zero-order chi connectivity index (χ0) is 13.2. The smallest absolute Gasteiger partial charge is 0.219 e. The maximum atomic E-state index is 11.3. The lowest BCUT2D eigenvalue weighted by atomic mass is 10.2. The number of carbonyl (C=O) groups excluding carboxylic acids is 1. The number of ether oxygens (including phenoxy) is 1. The van der Waals surface area contributed by atoms with Crippen molar-refractivity contribution in [3.8, 4) is 5.75 Å². The first-order chi connectivity index (χ1) is 9.24. The summed E-state index contributed by atoms with van der Waals surface area (Å²) in [6.45, 7) is 3.04. The van der Waals surface area contributed by atoms with Crippen LogP contribution in [0.15, 0.2) is 36.5 Å². The number of aromatic nitrogens is 1. The van der Waals surface area contributed by atoms with Crippen molar-refractivity contribution in [2.45, 2.75) is 19.4 Å². The van der Waals surface area contributed by atoms with Crippen LogP contribution in [0, 0.1) is 0 Å². The van der Waals surface area contributed by atoms with E-state index in [4.69, 9.17) is 4.74 Å². The number of benzene rings is 1. The van der Waals surface area contributed by atoms with E-state index in [0.717, 1.165) is 29.6 Å². The number of hydrogen-bond acceptors (Lipinski definition) is 3. The molecule has 0 aliphatic carbocycles. The number of pyridine rings is 1. The molecule has 1 fully saturated rings. The van der Waals surface area contributed by atoms with E-state index >= 15 is 0 Å². The molecular weight excluding hydrogens is 240 g/mol. The lowest BCUT2D eigenvalue weighted by Gasteiger charge is -2.16. The molecule has 4 nitrogen and oxygen atoms in total. The van der Waals surface area contributed by atoms with Crippen molar-refractivity contribution in [2.24, 2.45) is 0 Å². The van der Waals surface area contributed by atoms with Crippen molar-refractivity contribution in [3.05, 3.63) is 36.5 Å². The lowest BCUT2D eigenvalue weighted by molar-refractivity contribution is -0.128. The highest BCUT2D eigenvalue weighted by Gasteiger charge is 2.25. The van der Waals surface area contributed by atoms with Gasteiger partial charge in [-0.3, -0.25) is 9.78 Å². The summed E-state index contributed by atoms with van der Waals surface area (Å²) in [5, 5.41) is 1.07. The number of fused-ring (bicyclic) bond motifs is 1. The van der Waals surface area contributed by atoms with Gasteiger partial charge in [0, 0.05) is 31.5 Å². The van der Waals surface area contributed by atoms with Crippen molar-refractivity contribution in [3.63, 3.8) is 0 Å². The van der Waals surface area contributed by atoms with Gasteiger partial charge in [0.1, 0.15) is 17.4 Å². The van der Waals surface area contributed by atoms with Gasteiger partial charge in [-0.15, -0.1) is 0 Å². The first-order valence-electron chi connectivity index (χ1n) is 6.50. The highest BCUT2D eigenvalue weighted by atomic mass is 16.5. The van der Waals surface area contributed by atoms with E-state index in [1.165, 1.54) is 0 Å². The van der Waals surface area contributed by atoms with Crippen molar-refractivity contribution in [1.82, 2.24) is 9.88 Å². The molecular formula is C15H16N2O2. The summed E-state index contributed by atoms with van der Waals surface area (Å²) in [5.41, 5.74) is 0.881. The Labute approximate surface area is 112 Å². The minimum atomic E-state index is 0.0662. The topological polar surface area (TPSA) is 42.4 Å². The molecule has 1 atom stereocenters. The highest BCUT2D eigenvalue weighted by Crippen LogP contribution is 2.26. The minimum absolute atomic E-state index is 0.0662. The molecule has 1 aliphatic heterocycles. The fraction of sp³-hybridized carbons (Fsp3) is 0.333. The average molecular weight is 256 g/mol. The largest absolute Gasteiger partial charge is 0.486 e. The predicted octanol–water partition coefficient (Wildman–Crippen LogP) is 2.23. The zero-order valence-corrected chi connectivity index (χ0v) is 10.9. The van der Waals surface area contributed by atoms with Crippen LogP contribution in [0.4, 0.5) is 0 Å². The lowest BCUT2D eigenvalue weighted by Crippen LogP contribution is -2.28. The maximum absolute atomic E-state index is 11.3. The number of amides is 1. The van der Waals surface area contributed by atoms with Crippen molar-refractivity contribution >= 4 is 16.8 Å². The summed E-state index contributed by atoms with van der Waals surface area (Å²) >= 11 is 0. The van der Waals surface area contributed by atoms with E-state index in [9.17, 15) is 4.79 Å². The van der Waals surface area contributed by atoms with Crippen molar-refractivity contribution < 1.29 is 9.53 Å². The molecule has 2 heterocycles. The van der Waals surface area contributed by atoms with Gasteiger partial charge in [0.05, 0.1) is 6.54 Å². The Hall–Kier alpha value is -2.10. The van der Waals surface area contributed by atoms with Crippen LogP contribution in [-0.4, -0.2) is 35.0 Å². The molecule has 3 rings (SSSR count). The number of likely N-dealkylation sites (tertiary alicyclic amines) is 1. The Morgan fingerprint density at radius 1 is 1.37 bits per heavy atom. The van der Waals surface area contributed by atoms with Gasteiger partial charge in [-0.2, -0.15) is 0 Å². The summed E-state index contributed by atoms with van der Waals surface area (Å²) in [4.78, 5) is 17.5. The quantitative estimate of drug-likeness (QED) is 0.827. The molecule has 0 bridgehead atoms. The Morgan fingerprint density at radius 2 is 2.21 bits per heavy atom. The van der Waals surface area contributed by atoms with Gasteiger partial charge in [-0.05, 0) is 12.1 Å². The van der Waals surface area contributed by atoms with Crippen LogP contribution in [0.5, 0.6) is 5.75 Å². The summed E-state index contributed by atoms with van der Waals surface area (Å²) in [6.07, 6.45) is 2.71. The van der Waals surface area contributed by atoms with Crippen LogP contribution < -0.4 is 4.74 Å². The maximum Gasteiger partial charge on any atom is 0.219 e. The van der Waals surface area contributed by atoms with Crippen molar-refractivity contribution in [1.29, 1.82) is 0 Å². The molecule has 98 valence electrons. The van der Waals surface area contributed by atoms with Crippen LogP contribution in [0.1, 0.15) is 13.3 Å². The molecule has 1 aromatic carbocycles. The molecule has 1 saturated heterocycles. The molecule has 0 radical (unpaired) electrons. The molecule has 0 N–H and O–H groups in total. The van der Waals surface area contributed by atoms with Crippen LogP contribution in [0.2, 0.25) is 0 Å². The van der Waals surface area contributed by atoms with Gasteiger partial charge in [-0.1, -0.05) is 18.2 Å². The molecule has 0 saturated carbocycles. The molecule has 1 aromatic heterocycles. The zero-order valence-electron chi connectivity index (χ0n) is 10.9. The molecule has 4 heteroatoms. The third-order valence-corrected chi connectivity index (χ3v) is 3.48. The summed E-state index contributed by atoms with van der Waals surface area (Å²) in [7, 11) is 0. The van der Waals surface area contributed by atoms with E-state index in [0.29, 0.717) is 6.54 Å². The fourth-order valence-corrected chi connectivity index (χ4v) is 2.46. The minimum Gasteiger partial charge on any atom is -0.486 e. The Balaban J connectivity index is 1.81. The fourth-order valence-electron chi connectivity index (χ4n) is 2.46. The van der Waals surface area contributed by atoms with Crippen molar-refractivity contribution in [2.75, 3.05) is 13.1 Å². The first-order valence-corrected chi connectivity index (χ1v) is 6.50. The standard InChI is InChI=1S/C15H16N2O2/c1-11(18)17-9-7-13(10-17)19-14-6-2-4-12-5-3-8-16-15(12)14/h2-6,8,13H,7,9-10H2,1H3. The second-order valence-corrected chi connectivity index (χ2v) is 4.82. The SMILES string of the molecule is CC(=O)N1CCC(Oc2cccc3cccnc23)C1. The normalized spacial score (nSPS) is 18.8. The predicted molar refractivity (Wildman–Crippen MR) is 73.0 cm³/mol. The first kappa shape index (κ1) is 12.0. The highest BCUT2D eigenvalue weighted by molar-refractivity contribution is 5.84. The monoisotopic (exact) mass is 256 g/mol. The number of carbonyl (C=O) groups is 1. The average Bonchev–Trinajstić information content (AvgIpc) is 2.88. The van der Waals surface area contributed by atoms with Gasteiger partial charge in [0.15, 0.2) is 0 Å². The van der Waals surface area contributed by atoms with E-state index in [1.807, 2.05) is 35.2 Å². The molecule has 1 unspecified atom stereocenters. The second-order valence-electron chi connectivity index (χ2n) is 4.82. The molecule has 1 amide bonds. The van der Waals surface area contributed by atoms with E-state index in [1.54, 1.807) is 13.1 Å². The number of rotatable bonds is 2. The van der Waals surface area contributed by atoms with E-state index in [2.05, 4.69) is 4.98 Å². The van der Waals surface area contributed by atoms with Gasteiger partial charge in [0.25, 0.3) is 0 Å². The molecule has 1 aliphatic rings. The van der Waals surface area contributed by atoms with Crippen LogP contribution in [0.25, 0.3) is 10.9 Å². The Kier molecular flexibility index (Phi) is 3.07.